The first-order valence-corrected chi connectivity index (χ1v) is 8.74. The van der Waals surface area contributed by atoms with Crippen molar-refractivity contribution in [3.63, 3.8) is 0 Å². The number of aryl methyl sites for hydroxylation is 3. The Hall–Kier alpha value is -1.23. The third kappa shape index (κ3) is 3.45. The Morgan fingerprint density at radius 1 is 1.20 bits per heavy atom. The van der Waals surface area contributed by atoms with Gasteiger partial charge >= 0.3 is 0 Å². The second-order valence-electron chi connectivity index (χ2n) is 5.20. The summed E-state index contributed by atoms with van der Waals surface area (Å²) in [4.78, 5) is 8.73. The normalized spacial score (nSPS) is 12.9. The van der Waals surface area contributed by atoms with E-state index in [1.807, 2.05) is 19.4 Å². The molecule has 0 fully saturated rings. The van der Waals surface area contributed by atoms with Crippen LogP contribution in [0.2, 0.25) is 0 Å². The molecular weight excluding hydrogens is 270 g/mol. The molecule has 4 nitrogen and oxygen atoms in total. The van der Waals surface area contributed by atoms with Gasteiger partial charge in [0.1, 0.15) is 5.52 Å². The highest BCUT2D eigenvalue weighted by Gasteiger charge is 2.08. The third-order valence-corrected chi connectivity index (χ3v) is 5.13. The minimum atomic E-state index is -0.671. The zero-order valence-corrected chi connectivity index (χ0v) is 13.4. The van der Waals surface area contributed by atoms with Crippen LogP contribution in [0.4, 0.5) is 0 Å². The molecule has 1 unspecified atom stereocenters. The van der Waals surface area contributed by atoms with Crippen molar-refractivity contribution in [1.29, 1.82) is 0 Å². The largest absolute Gasteiger partial charge is 0.330 e. The van der Waals surface area contributed by atoms with Crippen molar-refractivity contribution in [2.24, 2.45) is 0 Å². The van der Waals surface area contributed by atoms with Crippen molar-refractivity contribution in [1.82, 2.24) is 14.5 Å². The number of imidazole rings is 1. The number of fused-ring (bicyclic) bond motifs is 1. The van der Waals surface area contributed by atoms with Gasteiger partial charge in [-0.1, -0.05) is 13.3 Å². The lowest BCUT2D eigenvalue weighted by Crippen LogP contribution is -2.07. The fourth-order valence-corrected chi connectivity index (χ4v) is 3.56. The molecule has 0 aliphatic heterocycles. The summed E-state index contributed by atoms with van der Waals surface area (Å²) < 4.78 is 14.0. The quantitative estimate of drug-likeness (QED) is 0.788. The van der Waals surface area contributed by atoms with E-state index in [-0.39, 0.29) is 0 Å². The SMILES string of the molecule is CCCCS(=O)CCCn1cnc2cnc(C)c(C)c21. The summed E-state index contributed by atoms with van der Waals surface area (Å²) in [6, 6.07) is 0. The number of rotatable bonds is 7. The van der Waals surface area contributed by atoms with Gasteiger partial charge in [0.2, 0.25) is 0 Å². The monoisotopic (exact) mass is 293 g/mol. The van der Waals surface area contributed by atoms with Crippen LogP contribution in [0.25, 0.3) is 11.0 Å². The van der Waals surface area contributed by atoms with Gasteiger partial charge in [-0.15, -0.1) is 0 Å². The Morgan fingerprint density at radius 2 is 1.95 bits per heavy atom. The van der Waals surface area contributed by atoms with Gasteiger partial charge in [-0.25, -0.2) is 4.98 Å². The molecule has 0 N–H and O–H groups in total. The number of aromatic nitrogens is 3. The lowest BCUT2D eigenvalue weighted by molar-refractivity contribution is 0.662. The Bertz CT molecular complexity index is 606. The van der Waals surface area contributed by atoms with Crippen LogP contribution >= 0.6 is 0 Å². The average Bonchev–Trinajstić information content (AvgIpc) is 2.84. The van der Waals surface area contributed by atoms with Gasteiger partial charge in [-0.3, -0.25) is 9.19 Å². The van der Waals surface area contributed by atoms with Gasteiger partial charge in [0, 0.05) is 34.5 Å². The maximum Gasteiger partial charge on any atom is 0.107 e. The molecular formula is C15H23N3OS. The minimum Gasteiger partial charge on any atom is -0.330 e. The second kappa shape index (κ2) is 6.97. The van der Waals surface area contributed by atoms with Crippen molar-refractivity contribution in [2.45, 2.75) is 46.6 Å². The molecule has 0 spiro atoms. The van der Waals surface area contributed by atoms with Crippen LogP contribution < -0.4 is 0 Å². The predicted molar refractivity (Wildman–Crippen MR) is 84.4 cm³/mol. The van der Waals surface area contributed by atoms with Crippen LogP contribution in [0.1, 0.15) is 37.4 Å². The Balaban J connectivity index is 2.00. The highest BCUT2D eigenvalue weighted by atomic mass is 32.2. The van der Waals surface area contributed by atoms with Crippen LogP contribution in [0.15, 0.2) is 12.5 Å². The Labute approximate surface area is 123 Å². The first kappa shape index (κ1) is 15.2. The summed E-state index contributed by atoms with van der Waals surface area (Å²) in [5.41, 5.74) is 4.34. The van der Waals surface area contributed by atoms with Crippen molar-refractivity contribution >= 4 is 21.8 Å². The van der Waals surface area contributed by atoms with Gasteiger partial charge in [-0.05, 0) is 32.3 Å². The molecule has 0 bridgehead atoms. The van der Waals surface area contributed by atoms with Crippen molar-refractivity contribution in [3.05, 3.63) is 23.8 Å². The van der Waals surface area contributed by atoms with Crippen LogP contribution in [0.5, 0.6) is 0 Å². The molecule has 2 aromatic heterocycles. The molecule has 0 radical (unpaired) electrons. The molecule has 0 saturated heterocycles. The standard InChI is InChI=1S/C15H23N3OS/c1-4-5-8-20(19)9-6-7-18-11-17-14-10-16-13(3)12(2)15(14)18/h10-11H,4-9H2,1-3H3. The van der Waals surface area contributed by atoms with Gasteiger partial charge < -0.3 is 4.57 Å². The highest BCUT2D eigenvalue weighted by molar-refractivity contribution is 7.84. The van der Waals surface area contributed by atoms with Gasteiger partial charge in [0.15, 0.2) is 0 Å². The van der Waals surface area contributed by atoms with E-state index < -0.39 is 10.8 Å². The summed E-state index contributed by atoms with van der Waals surface area (Å²) in [6.07, 6.45) is 6.80. The van der Waals surface area contributed by atoms with E-state index in [4.69, 9.17) is 0 Å². The smallest absolute Gasteiger partial charge is 0.107 e. The van der Waals surface area contributed by atoms with E-state index in [2.05, 4.69) is 28.4 Å². The molecule has 2 heterocycles. The van der Waals surface area contributed by atoms with E-state index in [1.165, 1.54) is 5.56 Å². The number of unbranched alkanes of at least 4 members (excludes halogenated alkanes) is 1. The van der Waals surface area contributed by atoms with Gasteiger partial charge in [-0.2, -0.15) is 0 Å². The number of hydrogen-bond donors (Lipinski definition) is 0. The first-order chi connectivity index (χ1) is 9.63. The summed E-state index contributed by atoms with van der Waals surface area (Å²) in [5.74, 6) is 1.62. The summed E-state index contributed by atoms with van der Waals surface area (Å²) in [6.45, 7) is 7.11. The van der Waals surface area contributed by atoms with E-state index in [1.54, 1.807) is 0 Å². The lowest BCUT2D eigenvalue weighted by atomic mass is 10.2. The van der Waals surface area contributed by atoms with Crippen LogP contribution in [-0.4, -0.2) is 30.2 Å². The van der Waals surface area contributed by atoms with Crippen LogP contribution in [0.3, 0.4) is 0 Å². The summed E-state index contributed by atoms with van der Waals surface area (Å²) in [5, 5.41) is 0. The molecule has 2 aromatic rings. The predicted octanol–water partition coefficient (Wildman–Crippen LogP) is 2.99. The fourth-order valence-electron chi connectivity index (χ4n) is 2.30. The molecule has 110 valence electrons. The number of pyridine rings is 1. The lowest BCUT2D eigenvalue weighted by Gasteiger charge is -2.07. The highest BCUT2D eigenvalue weighted by Crippen LogP contribution is 2.18. The number of hydrogen-bond acceptors (Lipinski definition) is 3. The fraction of sp³-hybridized carbons (Fsp3) is 0.600. The van der Waals surface area contributed by atoms with E-state index in [9.17, 15) is 4.21 Å². The molecule has 2 rings (SSSR count). The van der Waals surface area contributed by atoms with Crippen LogP contribution in [-0.2, 0) is 17.3 Å². The Morgan fingerprint density at radius 3 is 2.70 bits per heavy atom. The maximum atomic E-state index is 11.8. The maximum absolute atomic E-state index is 11.8. The molecule has 0 aliphatic rings. The summed E-state index contributed by atoms with van der Waals surface area (Å²) >= 11 is 0. The summed E-state index contributed by atoms with van der Waals surface area (Å²) in [7, 11) is -0.671. The van der Waals surface area contributed by atoms with E-state index >= 15 is 0 Å². The first-order valence-electron chi connectivity index (χ1n) is 7.25. The zero-order chi connectivity index (χ0) is 14.5. The molecule has 5 heteroatoms. The molecule has 20 heavy (non-hydrogen) atoms. The van der Waals surface area contributed by atoms with Crippen molar-refractivity contribution < 1.29 is 4.21 Å². The molecule has 0 saturated carbocycles. The Kier molecular flexibility index (Phi) is 5.29. The van der Waals surface area contributed by atoms with Crippen molar-refractivity contribution in [2.75, 3.05) is 11.5 Å². The second-order valence-corrected chi connectivity index (χ2v) is 6.89. The molecule has 0 aliphatic carbocycles. The van der Waals surface area contributed by atoms with E-state index in [0.29, 0.717) is 0 Å². The third-order valence-electron chi connectivity index (χ3n) is 3.64. The van der Waals surface area contributed by atoms with E-state index in [0.717, 1.165) is 54.0 Å². The minimum absolute atomic E-state index is 0.671. The number of nitrogens with zero attached hydrogens (tertiary/aromatic N) is 3. The molecule has 1 atom stereocenters. The molecule has 0 aromatic carbocycles. The zero-order valence-electron chi connectivity index (χ0n) is 12.6. The van der Waals surface area contributed by atoms with Crippen molar-refractivity contribution in [3.8, 4) is 0 Å². The van der Waals surface area contributed by atoms with Gasteiger partial charge in [0.25, 0.3) is 0 Å². The average molecular weight is 293 g/mol. The van der Waals surface area contributed by atoms with Gasteiger partial charge in [0.05, 0.1) is 18.0 Å². The molecule has 0 amide bonds. The topological polar surface area (TPSA) is 47.8 Å². The van der Waals surface area contributed by atoms with Crippen LogP contribution in [0, 0.1) is 13.8 Å².